The van der Waals surface area contributed by atoms with Crippen LogP contribution in [-0.2, 0) is 14.9 Å². The van der Waals surface area contributed by atoms with Gasteiger partial charge < -0.3 is 9.84 Å². The van der Waals surface area contributed by atoms with Crippen LogP contribution in [0.4, 0.5) is 13.2 Å². The molecule has 1 atom stereocenters. The van der Waals surface area contributed by atoms with Crippen molar-refractivity contribution in [3.05, 3.63) is 0 Å². The predicted octanol–water partition coefficient (Wildman–Crippen LogP) is -0.630. The molecule has 6 nitrogen and oxygen atoms in total. The fourth-order valence-corrected chi connectivity index (χ4v) is 1.71. The number of hydrogen-bond donors (Lipinski definition) is 3. The first-order valence-electron chi connectivity index (χ1n) is 4.64. The highest BCUT2D eigenvalue weighted by atomic mass is 32.2. The maximum atomic E-state index is 11.7. The van der Waals surface area contributed by atoms with E-state index in [2.05, 4.69) is 4.74 Å². The fraction of sp³-hybridized carbons (Fsp3) is 1.00. The molecule has 0 aromatic rings. The van der Waals surface area contributed by atoms with Gasteiger partial charge in [0.2, 0.25) is 0 Å². The molecule has 0 saturated heterocycles. The van der Waals surface area contributed by atoms with Gasteiger partial charge in [-0.3, -0.25) is 0 Å². The Hall–Kier alpha value is -0.420. The molecule has 0 saturated carbocycles. The summed E-state index contributed by atoms with van der Waals surface area (Å²) in [5.41, 5.74) is 0. The third kappa shape index (κ3) is 10.5. The summed E-state index contributed by atoms with van der Waals surface area (Å²) in [6.07, 6.45) is -5.43. The molecule has 0 fully saturated rings. The van der Waals surface area contributed by atoms with Gasteiger partial charge in [-0.05, 0) is 6.42 Å². The van der Waals surface area contributed by atoms with Crippen molar-refractivity contribution in [1.82, 2.24) is 9.44 Å². The van der Waals surface area contributed by atoms with E-state index in [0.717, 1.165) is 0 Å². The molecular weight excluding hydrogens is 265 g/mol. The quantitative estimate of drug-likeness (QED) is 0.552. The van der Waals surface area contributed by atoms with Crippen LogP contribution in [0.5, 0.6) is 0 Å². The van der Waals surface area contributed by atoms with E-state index in [4.69, 9.17) is 5.11 Å². The number of nitrogens with one attached hydrogen (secondary N) is 2. The van der Waals surface area contributed by atoms with Gasteiger partial charge in [-0.25, -0.2) is 4.72 Å². The van der Waals surface area contributed by atoms with E-state index in [1.54, 1.807) is 0 Å². The summed E-state index contributed by atoms with van der Waals surface area (Å²) in [6.45, 7) is -1.79. The molecule has 0 radical (unpaired) electrons. The van der Waals surface area contributed by atoms with Gasteiger partial charge in [-0.15, -0.1) is 0 Å². The molecule has 0 spiro atoms. The van der Waals surface area contributed by atoms with Gasteiger partial charge in [0.25, 0.3) is 10.2 Å². The monoisotopic (exact) mass is 280 g/mol. The van der Waals surface area contributed by atoms with Crippen LogP contribution in [0.1, 0.15) is 6.42 Å². The first kappa shape index (κ1) is 16.6. The van der Waals surface area contributed by atoms with E-state index in [-0.39, 0.29) is 19.6 Å². The zero-order valence-electron chi connectivity index (χ0n) is 9.12. The van der Waals surface area contributed by atoms with Gasteiger partial charge in [-0.1, -0.05) is 0 Å². The average Bonchev–Trinajstić information content (AvgIpc) is 2.14. The zero-order valence-corrected chi connectivity index (χ0v) is 9.94. The Morgan fingerprint density at radius 2 is 1.94 bits per heavy atom. The topological polar surface area (TPSA) is 87.7 Å². The molecule has 10 heteroatoms. The van der Waals surface area contributed by atoms with Crippen molar-refractivity contribution in [2.45, 2.75) is 18.7 Å². The van der Waals surface area contributed by atoms with E-state index in [1.807, 2.05) is 4.72 Å². The smallest absolute Gasteiger partial charge is 0.391 e. The molecule has 17 heavy (non-hydrogen) atoms. The third-order valence-electron chi connectivity index (χ3n) is 1.59. The standard InChI is InChI=1S/C7H15F3N2O4S/c1-16-4-6(13)2-3-11-17(14,15)12-5-7(8,9)10/h6,11-13H,2-5H2,1H3. The normalized spacial score (nSPS) is 14.9. The van der Waals surface area contributed by atoms with Crippen molar-refractivity contribution in [3.63, 3.8) is 0 Å². The van der Waals surface area contributed by atoms with Crippen LogP contribution >= 0.6 is 0 Å². The molecule has 0 bridgehead atoms. The first-order valence-corrected chi connectivity index (χ1v) is 6.12. The van der Waals surface area contributed by atoms with Crippen LogP contribution in [0.2, 0.25) is 0 Å². The molecule has 1 unspecified atom stereocenters. The summed E-state index contributed by atoms with van der Waals surface area (Å²) in [6, 6.07) is 0. The highest BCUT2D eigenvalue weighted by molar-refractivity contribution is 7.87. The maximum Gasteiger partial charge on any atom is 0.402 e. The number of hydrogen-bond acceptors (Lipinski definition) is 4. The Balaban J connectivity index is 3.87. The maximum absolute atomic E-state index is 11.7. The Kier molecular flexibility index (Phi) is 6.94. The van der Waals surface area contributed by atoms with Crippen molar-refractivity contribution >= 4 is 10.2 Å². The predicted molar refractivity (Wildman–Crippen MR) is 53.5 cm³/mol. The Bertz CT molecular complexity index is 307. The summed E-state index contributed by atoms with van der Waals surface area (Å²) < 4.78 is 64.9. The highest BCUT2D eigenvalue weighted by Crippen LogP contribution is 2.12. The van der Waals surface area contributed by atoms with Gasteiger partial charge in [0.05, 0.1) is 12.7 Å². The second-order valence-corrected chi connectivity index (χ2v) is 4.82. The summed E-state index contributed by atoms with van der Waals surface area (Å²) in [7, 11) is -2.84. The summed E-state index contributed by atoms with van der Waals surface area (Å²) in [5.74, 6) is 0. The molecule has 0 amide bonds. The lowest BCUT2D eigenvalue weighted by molar-refractivity contribution is -0.121. The molecule has 0 heterocycles. The Labute approximate surface area is 97.3 Å². The molecule has 0 rings (SSSR count). The summed E-state index contributed by atoms with van der Waals surface area (Å²) in [4.78, 5) is 0. The second kappa shape index (κ2) is 7.11. The minimum absolute atomic E-state index is 0.0255. The van der Waals surface area contributed by atoms with Gasteiger partial charge in [-0.2, -0.15) is 26.3 Å². The summed E-state index contributed by atoms with van der Waals surface area (Å²) in [5, 5.41) is 9.14. The van der Waals surface area contributed by atoms with Crippen LogP contribution in [0, 0.1) is 0 Å². The molecule has 3 N–H and O–H groups in total. The largest absolute Gasteiger partial charge is 0.402 e. The zero-order chi connectivity index (χ0) is 13.5. The lowest BCUT2D eigenvalue weighted by Crippen LogP contribution is -2.42. The fourth-order valence-electron chi connectivity index (χ4n) is 0.863. The van der Waals surface area contributed by atoms with Gasteiger partial charge >= 0.3 is 6.18 Å². The van der Waals surface area contributed by atoms with E-state index < -0.39 is 29.0 Å². The van der Waals surface area contributed by atoms with Gasteiger partial charge in [0.1, 0.15) is 6.54 Å². The lowest BCUT2D eigenvalue weighted by atomic mass is 10.3. The minimum atomic E-state index is -4.61. The number of ether oxygens (including phenoxy) is 1. The molecule has 0 aliphatic heterocycles. The van der Waals surface area contributed by atoms with Crippen molar-refractivity contribution < 1.29 is 31.4 Å². The number of methoxy groups -OCH3 is 1. The number of aliphatic hydroxyl groups excluding tert-OH is 1. The Morgan fingerprint density at radius 3 is 2.41 bits per heavy atom. The molecule has 0 aliphatic carbocycles. The number of rotatable bonds is 8. The highest BCUT2D eigenvalue weighted by Gasteiger charge is 2.29. The van der Waals surface area contributed by atoms with Crippen molar-refractivity contribution in [2.75, 3.05) is 26.8 Å². The number of aliphatic hydroxyl groups is 1. The lowest BCUT2D eigenvalue weighted by Gasteiger charge is -2.12. The van der Waals surface area contributed by atoms with Crippen LogP contribution in [0.3, 0.4) is 0 Å². The van der Waals surface area contributed by atoms with Crippen LogP contribution in [0.15, 0.2) is 0 Å². The molecule has 104 valence electrons. The SMILES string of the molecule is COCC(O)CCNS(=O)(=O)NCC(F)(F)F. The van der Waals surface area contributed by atoms with Crippen molar-refractivity contribution in [2.24, 2.45) is 0 Å². The van der Waals surface area contributed by atoms with E-state index in [0.29, 0.717) is 0 Å². The molecular formula is C7H15F3N2O4S. The molecule has 0 aromatic carbocycles. The number of alkyl halides is 3. The van der Waals surface area contributed by atoms with Gasteiger partial charge in [0.15, 0.2) is 0 Å². The van der Waals surface area contributed by atoms with Gasteiger partial charge in [0, 0.05) is 13.7 Å². The van der Waals surface area contributed by atoms with Crippen LogP contribution < -0.4 is 9.44 Å². The van der Waals surface area contributed by atoms with Crippen molar-refractivity contribution in [3.8, 4) is 0 Å². The average molecular weight is 280 g/mol. The van der Waals surface area contributed by atoms with E-state index in [9.17, 15) is 21.6 Å². The number of halogens is 3. The molecule has 0 aliphatic rings. The Morgan fingerprint density at radius 1 is 1.35 bits per heavy atom. The van der Waals surface area contributed by atoms with Crippen LogP contribution in [-0.4, -0.2) is 52.6 Å². The first-order chi connectivity index (χ1) is 7.66. The minimum Gasteiger partial charge on any atom is -0.391 e. The molecule has 0 aromatic heterocycles. The van der Waals surface area contributed by atoms with E-state index in [1.165, 1.54) is 11.8 Å². The third-order valence-corrected chi connectivity index (χ3v) is 2.70. The van der Waals surface area contributed by atoms with E-state index >= 15 is 0 Å². The second-order valence-electron chi connectivity index (χ2n) is 3.23. The van der Waals surface area contributed by atoms with Crippen molar-refractivity contribution in [1.29, 1.82) is 0 Å². The van der Waals surface area contributed by atoms with Crippen LogP contribution in [0.25, 0.3) is 0 Å². The summed E-state index contributed by atoms with van der Waals surface area (Å²) >= 11 is 0.